The Hall–Kier alpha value is -1.88. The maximum Gasteiger partial charge on any atom is 0.224 e. The van der Waals surface area contributed by atoms with Crippen LogP contribution in [0, 0.1) is 5.41 Å². The lowest BCUT2D eigenvalue weighted by Gasteiger charge is -2.23. The molecule has 0 spiro atoms. The van der Waals surface area contributed by atoms with Gasteiger partial charge in [0.25, 0.3) is 0 Å². The van der Waals surface area contributed by atoms with Crippen LogP contribution in [0.1, 0.15) is 33.1 Å². The highest BCUT2D eigenvalue weighted by Gasteiger charge is 2.18. The summed E-state index contributed by atoms with van der Waals surface area (Å²) in [6.45, 7) is 4.94. The zero-order chi connectivity index (χ0) is 14.6. The van der Waals surface area contributed by atoms with Crippen molar-refractivity contribution < 1.29 is 4.79 Å². The molecule has 1 aromatic carbocycles. The predicted molar refractivity (Wildman–Crippen MR) is 81.4 cm³/mol. The zero-order valence-electron chi connectivity index (χ0n) is 12.1. The molecule has 0 saturated heterocycles. The number of nitrogens with two attached hydrogens (primary N) is 1. The van der Waals surface area contributed by atoms with Crippen molar-refractivity contribution in [1.29, 1.82) is 0 Å². The van der Waals surface area contributed by atoms with Crippen LogP contribution in [0.5, 0.6) is 0 Å². The van der Waals surface area contributed by atoms with E-state index in [0.717, 1.165) is 29.4 Å². The van der Waals surface area contributed by atoms with Crippen molar-refractivity contribution in [2.24, 2.45) is 11.1 Å². The van der Waals surface area contributed by atoms with Crippen molar-refractivity contribution >= 4 is 22.5 Å². The second-order valence-corrected chi connectivity index (χ2v) is 5.89. The van der Waals surface area contributed by atoms with Crippen molar-refractivity contribution in [3.8, 4) is 0 Å². The Morgan fingerprint density at radius 2 is 2.20 bits per heavy atom. The second-order valence-electron chi connectivity index (χ2n) is 5.89. The highest BCUT2D eigenvalue weighted by Crippen LogP contribution is 2.27. The van der Waals surface area contributed by atoms with Gasteiger partial charge in [0.1, 0.15) is 0 Å². The summed E-state index contributed by atoms with van der Waals surface area (Å²) in [6, 6.07) is 5.72. The first-order valence-corrected chi connectivity index (χ1v) is 6.94. The van der Waals surface area contributed by atoms with Crippen LogP contribution in [-0.2, 0) is 4.79 Å². The van der Waals surface area contributed by atoms with Crippen molar-refractivity contribution in [3.63, 3.8) is 0 Å². The van der Waals surface area contributed by atoms with E-state index >= 15 is 0 Å². The molecule has 1 amide bonds. The van der Waals surface area contributed by atoms with Crippen molar-refractivity contribution in [3.05, 3.63) is 24.4 Å². The van der Waals surface area contributed by atoms with E-state index in [-0.39, 0.29) is 11.3 Å². The van der Waals surface area contributed by atoms with Crippen LogP contribution in [0.15, 0.2) is 24.4 Å². The summed E-state index contributed by atoms with van der Waals surface area (Å²) >= 11 is 0. The summed E-state index contributed by atoms with van der Waals surface area (Å²) < 4.78 is 0. The molecule has 2 aromatic rings. The minimum absolute atomic E-state index is 0.0313. The van der Waals surface area contributed by atoms with Crippen LogP contribution in [0.4, 0.5) is 5.69 Å². The summed E-state index contributed by atoms with van der Waals surface area (Å²) in [4.78, 5) is 12.1. The molecule has 0 saturated carbocycles. The first kappa shape index (κ1) is 14.5. The van der Waals surface area contributed by atoms with Crippen LogP contribution in [0.3, 0.4) is 0 Å². The predicted octanol–water partition coefficient (Wildman–Crippen LogP) is 2.66. The summed E-state index contributed by atoms with van der Waals surface area (Å²) in [5.74, 6) is 0.0313. The molecule has 0 radical (unpaired) electrons. The number of nitrogens with one attached hydrogen (secondary N) is 2. The van der Waals surface area contributed by atoms with Crippen LogP contribution in [0.2, 0.25) is 0 Å². The molecular weight excluding hydrogens is 252 g/mol. The number of H-pyrrole nitrogens is 1. The first-order chi connectivity index (χ1) is 9.52. The molecule has 0 aliphatic carbocycles. The van der Waals surface area contributed by atoms with E-state index < -0.39 is 0 Å². The van der Waals surface area contributed by atoms with Gasteiger partial charge in [-0.15, -0.1) is 0 Å². The number of amides is 1. The van der Waals surface area contributed by atoms with E-state index in [2.05, 4.69) is 29.4 Å². The zero-order valence-corrected chi connectivity index (χ0v) is 12.1. The maximum atomic E-state index is 12.1. The Morgan fingerprint density at radius 3 is 2.95 bits per heavy atom. The monoisotopic (exact) mass is 274 g/mol. The molecule has 4 N–H and O–H groups in total. The number of fused-ring (bicyclic) bond motifs is 1. The lowest BCUT2D eigenvalue weighted by molar-refractivity contribution is -0.116. The maximum absolute atomic E-state index is 12.1. The van der Waals surface area contributed by atoms with Gasteiger partial charge in [-0.25, -0.2) is 0 Å². The van der Waals surface area contributed by atoms with Gasteiger partial charge in [-0.2, -0.15) is 5.10 Å². The van der Waals surface area contributed by atoms with Gasteiger partial charge in [0.2, 0.25) is 5.91 Å². The molecule has 108 valence electrons. The van der Waals surface area contributed by atoms with Crippen LogP contribution in [-0.4, -0.2) is 22.6 Å². The van der Waals surface area contributed by atoms with Gasteiger partial charge >= 0.3 is 0 Å². The molecular formula is C15H22N4O. The van der Waals surface area contributed by atoms with Crippen molar-refractivity contribution in [1.82, 2.24) is 10.2 Å². The number of carbonyl (C=O) groups excluding carboxylic acids is 1. The smallest absolute Gasteiger partial charge is 0.224 e. The standard InChI is InChI=1S/C15H22N4O/c1-15(2,8-9-16)7-6-14(20)18-12-4-3-5-13-11(12)10-17-19-13/h3-5,10H,6-9,16H2,1-2H3,(H,17,19)(H,18,20). The van der Waals surface area contributed by atoms with Gasteiger partial charge in [0, 0.05) is 11.8 Å². The number of hydrogen-bond acceptors (Lipinski definition) is 3. The summed E-state index contributed by atoms with van der Waals surface area (Å²) in [5.41, 5.74) is 7.41. The third kappa shape index (κ3) is 3.57. The largest absolute Gasteiger partial charge is 0.330 e. The Bertz CT molecular complexity index is 588. The Labute approximate surface area is 118 Å². The number of aromatic nitrogens is 2. The molecule has 0 atom stereocenters. The van der Waals surface area contributed by atoms with Crippen molar-refractivity contribution in [2.45, 2.75) is 33.1 Å². The average molecular weight is 274 g/mol. The minimum atomic E-state index is 0.0313. The van der Waals surface area contributed by atoms with E-state index in [1.165, 1.54) is 0 Å². The van der Waals surface area contributed by atoms with E-state index in [9.17, 15) is 4.79 Å². The third-order valence-corrected chi connectivity index (χ3v) is 3.61. The minimum Gasteiger partial charge on any atom is -0.330 e. The number of anilines is 1. The molecule has 20 heavy (non-hydrogen) atoms. The highest BCUT2D eigenvalue weighted by atomic mass is 16.1. The lowest BCUT2D eigenvalue weighted by Crippen LogP contribution is -2.20. The van der Waals surface area contributed by atoms with Crippen molar-refractivity contribution in [2.75, 3.05) is 11.9 Å². The van der Waals surface area contributed by atoms with E-state index in [4.69, 9.17) is 5.73 Å². The highest BCUT2D eigenvalue weighted by molar-refractivity contribution is 6.00. The van der Waals surface area contributed by atoms with Crippen LogP contribution < -0.4 is 11.1 Å². The number of aromatic amines is 1. The van der Waals surface area contributed by atoms with E-state index in [1.807, 2.05) is 18.2 Å². The number of benzene rings is 1. The van der Waals surface area contributed by atoms with Gasteiger partial charge in [-0.1, -0.05) is 19.9 Å². The average Bonchev–Trinajstić information content (AvgIpc) is 2.86. The Morgan fingerprint density at radius 1 is 1.40 bits per heavy atom. The first-order valence-electron chi connectivity index (χ1n) is 6.94. The quantitative estimate of drug-likeness (QED) is 0.757. The number of hydrogen-bond donors (Lipinski definition) is 3. The SMILES string of the molecule is CC(C)(CCN)CCC(=O)Nc1cccc2[nH]ncc12. The number of carbonyl (C=O) groups is 1. The van der Waals surface area contributed by atoms with Crippen LogP contribution in [0.25, 0.3) is 10.9 Å². The molecule has 1 heterocycles. The van der Waals surface area contributed by atoms with E-state index in [0.29, 0.717) is 13.0 Å². The molecule has 0 aliphatic heterocycles. The van der Waals surface area contributed by atoms with Crippen LogP contribution >= 0.6 is 0 Å². The Balaban J connectivity index is 1.96. The van der Waals surface area contributed by atoms with Gasteiger partial charge in [0.15, 0.2) is 0 Å². The molecule has 5 nitrogen and oxygen atoms in total. The number of nitrogens with zero attached hydrogens (tertiary/aromatic N) is 1. The topological polar surface area (TPSA) is 83.8 Å². The molecule has 0 bridgehead atoms. The molecule has 5 heteroatoms. The summed E-state index contributed by atoms with van der Waals surface area (Å²) in [6.07, 6.45) is 3.99. The van der Waals surface area contributed by atoms with Gasteiger partial charge in [0.05, 0.1) is 17.4 Å². The fraction of sp³-hybridized carbons (Fsp3) is 0.467. The normalized spacial score (nSPS) is 11.8. The second kappa shape index (κ2) is 6.05. The van der Waals surface area contributed by atoms with Gasteiger partial charge in [-0.3, -0.25) is 9.89 Å². The fourth-order valence-corrected chi connectivity index (χ4v) is 2.26. The third-order valence-electron chi connectivity index (χ3n) is 3.61. The number of rotatable bonds is 6. The summed E-state index contributed by atoms with van der Waals surface area (Å²) in [7, 11) is 0. The molecule has 0 unspecified atom stereocenters. The molecule has 2 rings (SSSR count). The molecule has 0 fully saturated rings. The lowest BCUT2D eigenvalue weighted by atomic mass is 9.84. The van der Waals surface area contributed by atoms with E-state index in [1.54, 1.807) is 6.20 Å². The van der Waals surface area contributed by atoms with Gasteiger partial charge < -0.3 is 11.1 Å². The Kier molecular flexibility index (Phi) is 4.39. The fourth-order valence-electron chi connectivity index (χ4n) is 2.26. The van der Waals surface area contributed by atoms with Gasteiger partial charge in [-0.05, 0) is 36.9 Å². The summed E-state index contributed by atoms with van der Waals surface area (Å²) in [5, 5.41) is 10.8. The molecule has 0 aliphatic rings. The molecule has 1 aromatic heterocycles.